The maximum absolute atomic E-state index is 12.2. The van der Waals surface area contributed by atoms with Crippen LogP contribution < -0.4 is 5.46 Å². The molecule has 0 saturated carbocycles. The summed E-state index contributed by atoms with van der Waals surface area (Å²) in [5.74, 6) is 0.187. The fourth-order valence-corrected chi connectivity index (χ4v) is 1.95. The Balaban J connectivity index is 3.18. The Labute approximate surface area is 122 Å². The lowest BCUT2D eigenvalue weighted by Gasteiger charge is -2.16. The van der Waals surface area contributed by atoms with Gasteiger partial charge in [0, 0.05) is 12.1 Å². The zero-order valence-corrected chi connectivity index (χ0v) is 12.9. The Morgan fingerprint density at radius 3 is 2.55 bits per heavy atom. The Morgan fingerprint density at radius 1 is 1.45 bits per heavy atom. The molecule has 3 nitrogen and oxygen atoms in total. The number of rotatable bonds is 5. The van der Waals surface area contributed by atoms with E-state index in [1.54, 1.807) is 19.1 Å². The molecule has 106 valence electrons. The smallest absolute Gasteiger partial charge is 0.184 e. The van der Waals surface area contributed by atoms with E-state index < -0.39 is 0 Å². The van der Waals surface area contributed by atoms with Crippen molar-refractivity contribution in [1.29, 1.82) is 0 Å². The summed E-state index contributed by atoms with van der Waals surface area (Å²) in [6, 6.07) is 1.70. The molecule has 1 aromatic carbocycles. The number of benzene rings is 1. The highest BCUT2D eigenvalue weighted by atomic mass is 16.3. The first-order valence-corrected chi connectivity index (χ1v) is 6.73. The molecule has 0 fully saturated rings. The molecule has 0 aliphatic rings. The van der Waals surface area contributed by atoms with Crippen LogP contribution >= 0.6 is 0 Å². The summed E-state index contributed by atoms with van der Waals surface area (Å²) in [5.41, 5.74) is 2.13. The van der Waals surface area contributed by atoms with Crippen LogP contribution in [0.3, 0.4) is 0 Å². The highest BCUT2D eigenvalue weighted by Crippen LogP contribution is 2.28. The highest BCUT2D eigenvalue weighted by Gasteiger charge is 2.16. The van der Waals surface area contributed by atoms with E-state index >= 15 is 0 Å². The minimum atomic E-state index is -0.130. The molecule has 0 saturated heterocycles. The third-order valence-electron chi connectivity index (χ3n) is 3.25. The number of nitrogens with zero attached hydrogens (tertiary/aromatic N) is 1. The van der Waals surface area contributed by atoms with Crippen molar-refractivity contribution in [3.05, 3.63) is 34.9 Å². The summed E-state index contributed by atoms with van der Waals surface area (Å²) in [4.78, 5) is 14.2. The molecule has 0 heterocycles. The van der Waals surface area contributed by atoms with Gasteiger partial charge in [0.25, 0.3) is 0 Å². The van der Waals surface area contributed by atoms with E-state index in [1.165, 1.54) is 6.08 Å². The van der Waals surface area contributed by atoms with Crippen molar-refractivity contribution in [2.24, 2.45) is 0 Å². The van der Waals surface area contributed by atoms with Crippen LogP contribution in [0.4, 0.5) is 0 Å². The molecule has 0 spiro atoms. The molecule has 0 aliphatic heterocycles. The van der Waals surface area contributed by atoms with Gasteiger partial charge >= 0.3 is 0 Å². The number of phenols is 1. The standard InChI is InChI=1S/C16H22BNO2/c1-10(2)12-9-13(15(17)11(3)16(12)20)14(19)7-6-8-18(4)5/h6-7,9-10,20H,8H2,1-5H3/b7-6-. The summed E-state index contributed by atoms with van der Waals surface area (Å²) < 4.78 is 0. The van der Waals surface area contributed by atoms with E-state index in [4.69, 9.17) is 7.85 Å². The van der Waals surface area contributed by atoms with Crippen molar-refractivity contribution in [2.75, 3.05) is 20.6 Å². The molecule has 0 amide bonds. The van der Waals surface area contributed by atoms with Crippen LogP contribution in [-0.2, 0) is 0 Å². The topological polar surface area (TPSA) is 40.5 Å². The number of hydrogen-bond donors (Lipinski definition) is 1. The molecule has 0 unspecified atom stereocenters. The third-order valence-corrected chi connectivity index (χ3v) is 3.25. The van der Waals surface area contributed by atoms with Crippen molar-refractivity contribution >= 4 is 19.1 Å². The minimum Gasteiger partial charge on any atom is -0.507 e. The first kappa shape index (κ1) is 16.5. The normalized spacial score (nSPS) is 11.8. The fourth-order valence-electron chi connectivity index (χ4n) is 1.95. The zero-order chi connectivity index (χ0) is 15.4. The van der Waals surface area contributed by atoms with Crippen molar-refractivity contribution in [3.63, 3.8) is 0 Å². The van der Waals surface area contributed by atoms with Crippen molar-refractivity contribution < 1.29 is 9.90 Å². The molecular formula is C16H22BNO2. The Hall–Kier alpha value is -1.55. The highest BCUT2D eigenvalue weighted by molar-refractivity contribution is 6.38. The van der Waals surface area contributed by atoms with Gasteiger partial charge in [-0.05, 0) is 50.2 Å². The van der Waals surface area contributed by atoms with E-state index in [0.29, 0.717) is 23.1 Å². The quantitative estimate of drug-likeness (QED) is 0.505. The van der Waals surface area contributed by atoms with Crippen molar-refractivity contribution in [1.82, 2.24) is 4.90 Å². The van der Waals surface area contributed by atoms with E-state index in [-0.39, 0.29) is 17.5 Å². The lowest BCUT2D eigenvalue weighted by atomic mass is 9.81. The molecule has 0 aromatic heterocycles. The van der Waals surface area contributed by atoms with Crippen LogP contribution in [-0.4, -0.2) is 44.3 Å². The van der Waals surface area contributed by atoms with Crippen LogP contribution in [0.15, 0.2) is 18.2 Å². The number of carbonyl (C=O) groups excluding carboxylic acids is 1. The van der Waals surface area contributed by atoms with Crippen LogP contribution in [0.2, 0.25) is 0 Å². The van der Waals surface area contributed by atoms with E-state index in [2.05, 4.69) is 0 Å². The molecule has 2 radical (unpaired) electrons. The molecule has 1 aromatic rings. The maximum atomic E-state index is 12.2. The minimum absolute atomic E-state index is 0.130. The van der Waals surface area contributed by atoms with Gasteiger partial charge < -0.3 is 10.0 Å². The molecule has 1 rings (SSSR count). The second-order valence-electron chi connectivity index (χ2n) is 5.58. The Bertz CT molecular complexity index is 534. The monoisotopic (exact) mass is 271 g/mol. The van der Waals surface area contributed by atoms with Crippen LogP contribution in [0.5, 0.6) is 5.75 Å². The first-order chi connectivity index (χ1) is 9.25. The predicted octanol–water partition coefficient (Wildman–Crippen LogP) is 1.92. The largest absolute Gasteiger partial charge is 0.507 e. The number of carbonyl (C=O) groups is 1. The van der Waals surface area contributed by atoms with Crippen molar-refractivity contribution in [2.45, 2.75) is 26.7 Å². The average molecular weight is 271 g/mol. The van der Waals surface area contributed by atoms with Gasteiger partial charge in [0.2, 0.25) is 0 Å². The Morgan fingerprint density at radius 2 is 2.05 bits per heavy atom. The number of aromatic hydroxyl groups is 1. The first-order valence-electron chi connectivity index (χ1n) is 6.73. The SMILES string of the molecule is [B]c1c(C(=O)/C=C\CN(C)C)cc(C(C)C)c(O)c1C. The van der Waals surface area contributed by atoms with Gasteiger partial charge in [-0.3, -0.25) is 4.79 Å². The molecule has 4 heteroatoms. The summed E-state index contributed by atoms with van der Waals surface area (Å²) in [6.07, 6.45) is 3.34. The number of allylic oxidation sites excluding steroid dienone is 1. The van der Waals surface area contributed by atoms with Crippen LogP contribution in [0.1, 0.15) is 41.3 Å². The van der Waals surface area contributed by atoms with Gasteiger partial charge in [0.05, 0.1) is 0 Å². The Kier molecular flexibility index (Phi) is 5.57. The summed E-state index contributed by atoms with van der Waals surface area (Å²) >= 11 is 0. The van der Waals surface area contributed by atoms with E-state index in [1.807, 2.05) is 32.8 Å². The number of phenolic OH excluding ortho intramolecular Hbond substituents is 1. The number of hydrogen-bond acceptors (Lipinski definition) is 3. The summed E-state index contributed by atoms with van der Waals surface area (Å²) in [7, 11) is 9.83. The third kappa shape index (κ3) is 3.73. The van der Waals surface area contributed by atoms with Gasteiger partial charge in [0.15, 0.2) is 5.78 Å². The fraction of sp³-hybridized carbons (Fsp3) is 0.438. The van der Waals surface area contributed by atoms with Gasteiger partial charge in [-0.25, -0.2) is 0 Å². The molecule has 20 heavy (non-hydrogen) atoms. The van der Waals surface area contributed by atoms with Crippen LogP contribution in [0, 0.1) is 6.92 Å². The second-order valence-corrected chi connectivity index (χ2v) is 5.58. The summed E-state index contributed by atoms with van der Waals surface area (Å²) in [6.45, 7) is 6.37. The van der Waals surface area contributed by atoms with Gasteiger partial charge in [0.1, 0.15) is 13.6 Å². The zero-order valence-electron chi connectivity index (χ0n) is 12.9. The van der Waals surface area contributed by atoms with E-state index in [0.717, 1.165) is 5.56 Å². The summed E-state index contributed by atoms with van der Waals surface area (Å²) in [5, 5.41) is 10.1. The molecule has 0 aliphatic carbocycles. The van der Waals surface area contributed by atoms with E-state index in [9.17, 15) is 9.90 Å². The van der Waals surface area contributed by atoms with Gasteiger partial charge in [-0.2, -0.15) is 0 Å². The molecular weight excluding hydrogens is 249 g/mol. The molecule has 1 N–H and O–H groups in total. The molecule has 0 bridgehead atoms. The lowest BCUT2D eigenvalue weighted by molar-refractivity contribution is 0.104. The van der Waals surface area contributed by atoms with Crippen molar-refractivity contribution in [3.8, 4) is 5.75 Å². The second kappa shape index (κ2) is 6.75. The number of ketones is 1. The average Bonchev–Trinajstić information content (AvgIpc) is 2.35. The predicted molar refractivity (Wildman–Crippen MR) is 84.3 cm³/mol. The maximum Gasteiger partial charge on any atom is 0.184 e. The number of likely N-dealkylation sites (N-methyl/N-ethyl adjacent to an activating group) is 1. The van der Waals surface area contributed by atoms with Gasteiger partial charge in [-0.1, -0.05) is 25.4 Å². The van der Waals surface area contributed by atoms with Gasteiger partial charge in [-0.15, -0.1) is 0 Å². The van der Waals surface area contributed by atoms with Crippen LogP contribution in [0.25, 0.3) is 0 Å². The molecule has 0 atom stereocenters. The lowest BCUT2D eigenvalue weighted by Crippen LogP contribution is -2.19.